The molecule has 2 aromatic rings. The van der Waals surface area contributed by atoms with Crippen LogP contribution in [0.3, 0.4) is 0 Å². The van der Waals surface area contributed by atoms with Crippen molar-refractivity contribution in [3.63, 3.8) is 0 Å². The highest BCUT2D eigenvalue weighted by Crippen LogP contribution is 2.23. The molecule has 0 aliphatic rings. The fraction of sp³-hybridized carbons (Fsp3) is 0.429. The molecule has 1 unspecified atom stereocenters. The Labute approximate surface area is 122 Å². The minimum absolute atomic E-state index is 0.215. The molecule has 1 aromatic heterocycles. The molecule has 0 aliphatic carbocycles. The van der Waals surface area contributed by atoms with E-state index in [1.807, 2.05) is 24.3 Å². The molecule has 2 rings (SSSR count). The summed E-state index contributed by atoms with van der Waals surface area (Å²) in [4.78, 5) is 16.0. The predicted octanol–water partition coefficient (Wildman–Crippen LogP) is 2.46. The van der Waals surface area contributed by atoms with E-state index in [4.69, 9.17) is 9.15 Å². The highest BCUT2D eigenvalue weighted by atomic mass is 32.2. The molecule has 0 amide bonds. The van der Waals surface area contributed by atoms with Crippen LogP contribution in [0.4, 0.5) is 0 Å². The zero-order chi connectivity index (χ0) is 14.4. The van der Waals surface area contributed by atoms with Crippen LogP contribution in [0.25, 0.3) is 11.1 Å². The summed E-state index contributed by atoms with van der Waals surface area (Å²) in [5.74, 6) is 0.519. The molecule has 1 N–H and O–H groups in total. The lowest BCUT2D eigenvalue weighted by Crippen LogP contribution is -2.36. The number of hydrogen-bond donors (Lipinski definition) is 1. The van der Waals surface area contributed by atoms with Crippen LogP contribution in [0.5, 0.6) is 0 Å². The SMILES string of the molecule is CCOC(=O)C(CCSc1nc2ccccc2o1)NC. The lowest BCUT2D eigenvalue weighted by atomic mass is 10.2. The first kappa shape index (κ1) is 14.9. The summed E-state index contributed by atoms with van der Waals surface area (Å²) in [6, 6.07) is 7.36. The second kappa shape index (κ2) is 7.31. The van der Waals surface area contributed by atoms with Crippen molar-refractivity contribution in [1.29, 1.82) is 0 Å². The van der Waals surface area contributed by atoms with E-state index in [0.717, 1.165) is 16.9 Å². The lowest BCUT2D eigenvalue weighted by molar-refractivity contribution is -0.145. The number of nitrogens with one attached hydrogen (secondary N) is 1. The zero-order valence-corrected chi connectivity index (χ0v) is 12.4. The molecule has 108 valence electrons. The van der Waals surface area contributed by atoms with Gasteiger partial charge in [-0.05, 0) is 32.5 Å². The normalized spacial score (nSPS) is 12.5. The summed E-state index contributed by atoms with van der Waals surface area (Å²) >= 11 is 1.50. The molecule has 0 spiro atoms. The largest absolute Gasteiger partial charge is 0.465 e. The Kier molecular flexibility index (Phi) is 5.43. The summed E-state index contributed by atoms with van der Waals surface area (Å²) in [5, 5.41) is 3.59. The number of ether oxygens (including phenoxy) is 1. The number of esters is 1. The number of carbonyl (C=O) groups is 1. The quantitative estimate of drug-likeness (QED) is 0.625. The molecule has 0 fully saturated rings. The summed E-state index contributed by atoms with van der Waals surface area (Å²) in [6.45, 7) is 2.20. The Bertz CT molecular complexity index is 537. The van der Waals surface area contributed by atoms with Crippen molar-refractivity contribution in [2.75, 3.05) is 19.4 Å². The van der Waals surface area contributed by atoms with Gasteiger partial charge in [0.05, 0.1) is 6.61 Å². The molecule has 6 heteroatoms. The smallest absolute Gasteiger partial charge is 0.323 e. The van der Waals surface area contributed by atoms with Crippen molar-refractivity contribution in [2.45, 2.75) is 24.6 Å². The number of oxazole rings is 1. The second-order valence-corrected chi connectivity index (χ2v) is 5.22. The maximum absolute atomic E-state index is 11.6. The van der Waals surface area contributed by atoms with Crippen LogP contribution in [0, 0.1) is 0 Å². The summed E-state index contributed by atoms with van der Waals surface area (Å²) in [5.41, 5.74) is 1.64. The Morgan fingerprint density at radius 1 is 1.50 bits per heavy atom. The third-order valence-electron chi connectivity index (χ3n) is 2.83. The van der Waals surface area contributed by atoms with Crippen LogP contribution < -0.4 is 5.32 Å². The monoisotopic (exact) mass is 294 g/mol. The topological polar surface area (TPSA) is 64.4 Å². The second-order valence-electron chi connectivity index (χ2n) is 4.18. The molecule has 0 bridgehead atoms. The van der Waals surface area contributed by atoms with Gasteiger partial charge in [-0.1, -0.05) is 23.9 Å². The molecule has 5 nitrogen and oxygen atoms in total. The van der Waals surface area contributed by atoms with Gasteiger partial charge in [-0.2, -0.15) is 0 Å². The van der Waals surface area contributed by atoms with Crippen molar-refractivity contribution in [3.8, 4) is 0 Å². The van der Waals surface area contributed by atoms with Crippen LogP contribution in [0.1, 0.15) is 13.3 Å². The molecule has 1 aromatic carbocycles. The average Bonchev–Trinajstić information content (AvgIpc) is 2.86. The van der Waals surface area contributed by atoms with Crippen LogP contribution >= 0.6 is 11.8 Å². The number of para-hydroxylation sites is 2. The van der Waals surface area contributed by atoms with Crippen molar-refractivity contribution in [3.05, 3.63) is 24.3 Å². The first-order chi connectivity index (χ1) is 9.74. The first-order valence-corrected chi connectivity index (χ1v) is 7.55. The number of thioether (sulfide) groups is 1. The Balaban J connectivity index is 1.86. The van der Waals surface area contributed by atoms with Gasteiger partial charge in [0.25, 0.3) is 5.22 Å². The fourth-order valence-corrected chi connectivity index (χ4v) is 2.64. The standard InChI is InChI=1S/C14H18N2O3S/c1-3-18-13(17)11(15-2)8-9-20-14-16-10-6-4-5-7-12(10)19-14/h4-7,11,15H,3,8-9H2,1-2H3. The number of fused-ring (bicyclic) bond motifs is 1. The molecule has 1 heterocycles. The molecule has 1 atom stereocenters. The van der Waals surface area contributed by atoms with E-state index in [1.54, 1.807) is 14.0 Å². The molecular weight excluding hydrogens is 276 g/mol. The van der Waals surface area contributed by atoms with E-state index in [-0.39, 0.29) is 12.0 Å². The Morgan fingerprint density at radius 2 is 2.30 bits per heavy atom. The maximum Gasteiger partial charge on any atom is 0.323 e. The molecule has 0 saturated carbocycles. The van der Waals surface area contributed by atoms with Gasteiger partial charge in [0.2, 0.25) is 0 Å². The first-order valence-electron chi connectivity index (χ1n) is 6.57. The third-order valence-corrected chi connectivity index (χ3v) is 3.69. The number of aromatic nitrogens is 1. The van der Waals surface area contributed by atoms with E-state index in [9.17, 15) is 4.79 Å². The van der Waals surface area contributed by atoms with E-state index in [1.165, 1.54) is 11.8 Å². The molecule has 0 radical (unpaired) electrons. The number of carbonyl (C=O) groups excluding carboxylic acids is 1. The summed E-state index contributed by atoms with van der Waals surface area (Å²) in [6.07, 6.45) is 0.665. The Hall–Kier alpha value is -1.53. The summed E-state index contributed by atoms with van der Waals surface area (Å²) < 4.78 is 10.6. The van der Waals surface area contributed by atoms with Crippen molar-refractivity contribution >= 4 is 28.8 Å². The fourth-order valence-electron chi connectivity index (χ4n) is 1.80. The molecule has 0 aliphatic heterocycles. The van der Waals surface area contributed by atoms with Crippen molar-refractivity contribution < 1.29 is 13.9 Å². The maximum atomic E-state index is 11.6. The van der Waals surface area contributed by atoms with Crippen LogP contribution in [-0.2, 0) is 9.53 Å². The number of nitrogens with zero attached hydrogens (tertiary/aromatic N) is 1. The van der Waals surface area contributed by atoms with Gasteiger partial charge in [-0.15, -0.1) is 0 Å². The minimum atomic E-state index is -0.285. The molecular formula is C14H18N2O3S. The number of hydrogen-bond acceptors (Lipinski definition) is 6. The minimum Gasteiger partial charge on any atom is -0.465 e. The van der Waals surface area contributed by atoms with Gasteiger partial charge in [0, 0.05) is 5.75 Å². The van der Waals surface area contributed by atoms with Gasteiger partial charge in [0.1, 0.15) is 11.6 Å². The van der Waals surface area contributed by atoms with Gasteiger partial charge >= 0.3 is 5.97 Å². The highest BCUT2D eigenvalue weighted by Gasteiger charge is 2.17. The molecule has 20 heavy (non-hydrogen) atoms. The van der Waals surface area contributed by atoms with E-state index in [2.05, 4.69) is 10.3 Å². The van der Waals surface area contributed by atoms with Gasteiger partial charge in [-0.25, -0.2) is 4.98 Å². The van der Waals surface area contributed by atoms with Crippen LogP contribution in [0.15, 0.2) is 33.9 Å². The number of rotatable bonds is 7. The Morgan fingerprint density at radius 3 is 3.00 bits per heavy atom. The lowest BCUT2D eigenvalue weighted by Gasteiger charge is -2.13. The highest BCUT2D eigenvalue weighted by molar-refractivity contribution is 7.99. The van der Waals surface area contributed by atoms with Gasteiger partial charge in [-0.3, -0.25) is 4.79 Å². The van der Waals surface area contributed by atoms with Crippen LogP contribution in [0.2, 0.25) is 0 Å². The summed E-state index contributed by atoms with van der Waals surface area (Å²) in [7, 11) is 1.76. The van der Waals surface area contributed by atoms with E-state index < -0.39 is 0 Å². The third kappa shape index (κ3) is 3.74. The predicted molar refractivity (Wildman–Crippen MR) is 78.8 cm³/mol. The average molecular weight is 294 g/mol. The van der Waals surface area contributed by atoms with Crippen molar-refractivity contribution in [2.24, 2.45) is 0 Å². The van der Waals surface area contributed by atoms with Gasteiger partial charge < -0.3 is 14.5 Å². The number of benzene rings is 1. The van der Waals surface area contributed by atoms with Crippen LogP contribution in [-0.4, -0.2) is 36.4 Å². The zero-order valence-electron chi connectivity index (χ0n) is 11.6. The number of likely N-dealkylation sites (N-methyl/N-ethyl adjacent to an activating group) is 1. The van der Waals surface area contributed by atoms with Gasteiger partial charge in [0.15, 0.2) is 5.58 Å². The van der Waals surface area contributed by atoms with E-state index >= 15 is 0 Å². The van der Waals surface area contributed by atoms with Crippen molar-refractivity contribution in [1.82, 2.24) is 10.3 Å². The molecule has 0 saturated heterocycles. The van der Waals surface area contributed by atoms with E-state index in [0.29, 0.717) is 18.3 Å².